The van der Waals surface area contributed by atoms with Gasteiger partial charge in [-0.2, -0.15) is 0 Å². The Bertz CT molecular complexity index is 551. The lowest BCUT2D eigenvalue weighted by molar-refractivity contribution is -0.339. The Kier molecular flexibility index (Phi) is 3.57. The Hall–Kier alpha value is -1.69. The predicted octanol–water partition coefficient (Wildman–Crippen LogP) is 1.72. The van der Waals surface area contributed by atoms with Crippen molar-refractivity contribution < 1.29 is 24.1 Å². The third-order valence-corrected chi connectivity index (χ3v) is 3.61. The van der Waals surface area contributed by atoms with Gasteiger partial charge in [0.1, 0.15) is 18.3 Å². The normalized spacial score (nSPS) is 32.1. The topological polar surface area (TPSA) is 65.0 Å². The van der Waals surface area contributed by atoms with Gasteiger partial charge in [0.05, 0.1) is 0 Å². The molecule has 5 heteroatoms. The number of aliphatic hydroxyl groups is 1. The fourth-order valence-electron chi connectivity index (χ4n) is 2.72. The number of hydrogen-bond acceptors (Lipinski definition) is 5. The van der Waals surface area contributed by atoms with Crippen LogP contribution in [0.3, 0.4) is 0 Å². The first-order valence-corrected chi connectivity index (χ1v) is 6.94. The highest BCUT2D eigenvalue weighted by Gasteiger charge is 2.48. The number of aliphatic hydroxyl groups excluding tert-OH is 1. The zero-order valence-corrected chi connectivity index (χ0v) is 11.9. The standard InChI is InChI=1S/C16H18O5/c1-16(2)20-11-8-9-12(17)19-14(11)15(21-16)13(18)10-6-4-3-5-7-10/h3-9,11,13-15,18H,1-2H3/t11-,13+,14+,15+/m0/s1. The Morgan fingerprint density at radius 2 is 1.90 bits per heavy atom. The second kappa shape index (κ2) is 5.26. The molecule has 2 aliphatic heterocycles. The third-order valence-electron chi connectivity index (χ3n) is 3.61. The van der Waals surface area contributed by atoms with E-state index in [0.717, 1.165) is 0 Å². The van der Waals surface area contributed by atoms with Gasteiger partial charge in [-0.15, -0.1) is 0 Å². The molecule has 0 aliphatic carbocycles. The molecule has 2 heterocycles. The zero-order valence-electron chi connectivity index (χ0n) is 11.9. The van der Waals surface area contributed by atoms with Crippen LogP contribution in [0.1, 0.15) is 25.5 Å². The van der Waals surface area contributed by atoms with E-state index in [9.17, 15) is 9.90 Å². The minimum atomic E-state index is -0.902. The van der Waals surface area contributed by atoms with Gasteiger partial charge >= 0.3 is 5.97 Å². The molecule has 0 amide bonds. The van der Waals surface area contributed by atoms with Crippen LogP contribution in [0.25, 0.3) is 0 Å². The molecule has 0 spiro atoms. The van der Waals surface area contributed by atoms with Gasteiger partial charge in [0, 0.05) is 6.08 Å². The smallest absolute Gasteiger partial charge is 0.330 e. The maximum absolute atomic E-state index is 11.5. The Balaban J connectivity index is 1.91. The summed E-state index contributed by atoms with van der Waals surface area (Å²) in [6.45, 7) is 3.55. The molecule has 1 aromatic rings. The number of fused-ring (bicyclic) bond motifs is 1. The van der Waals surface area contributed by atoms with Crippen LogP contribution in [0.5, 0.6) is 0 Å². The van der Waals surface area contributed by atoms with Crippen LogP contribution in [0.4, 0.5) is 0 Å². The first kappa shape index (κ1) is 14.3. The van der Waals surface area contributed by atoms with Crippen LogP contribution in [0, 0.1) is 0 Å². The summed E-state index contributed by atoms with van der Waals surface area (Å²) in [6.07, 6.45) is 0.330. The number of benzene rings is 1. The van der Waals surface area contributed by atoms with Crippen molar-refractivity contribution in [3.05, 3.63) is 48.0 Å². The highest BCUT2D eigenvalue weighted by atomic mass is 16.7. The van der Waals surface area contributed by atoms with Crippen molar-refractivity contribution in [1.29, 1.82) is 0 Å². The second-order valence-corrected chi connectivity index (χ2v) is 5.68. The molecule has 3 rings (SSSR count). The average molecular weight is 290 g/mol. The third kappa shape index (κ3) is 2.85. The van der Waals surface area contributed by atoms with Gasteiger partial charge < -0.3 is 19.3 Å². The van der Waals surface area contributed by atoms with Crippen molar-refractivity contribution in [2.75, 3.05) is 0 Å². The van der Waals surface area contributed by atoms with Crippen molar-refractivity contribution in [2.45, 2.75) is 44.1 Å². The van der Waals surface area contributed by atoms with Gasteiger partial charge in [0.15, 0.2) is 11.9 Å². The van der Waals surface area contributed by atoms with Crippen LogP contribution in [0.2, 0.25) is 0 Å². The number of ether oxygens (including phenoxy) is 3. The molecule has 0 unspecified atom stereocenters. The van der Waals surface area contributed by atoms with E-state index in [4.69, 9.17) is 14.2 Å². The van der Waals surface area contributed by atoms with Crippen molar-refractivity contribution >= 4 is 5.97 Å². The number of rotatable bonds is 2. The lowest BCUT2D eigenvalue weighted by Crippen LogP contribution is -2.58. The summed E-state index contributed by atoms with van der Waals surface area (Å²) in [5.74, 6) is -1.32. The SMILES string of the molecule is CC1(C)O[C@H]([C@H](O)c2ccccc2)[C@@H]2OC(=O)C=C[C@@H]2O1. The molecule has 1 saturated heterocycles. The maximum atomic E-state index is 11.5. The van der Waals surface area contributed by atoms with Crippen molar-refractivity contribution in [2.24, 2.45) is 0 Å². The molecule has 21 heavy (non-hydrogen) atoms. The fourth-order valence-corrected chi connectivity index (χ4v) is 2.72. The van der Waals surface area contributed by atoms with E-state index in [-0.39, 0.29) is 0 Å². The Morgan fingerprint density at radius 3 is 2.62 bits per heavy atom. The van der Waals surface area contributed by atoms with Gasteiger partial charge in [-0.05, 0) is 25.5 Å². The van der Waals surface area contributed by atoms with E-state index in [1.807, 2.05) is 30.3 Å². The van der Waals surface area contributed by atoms with Gasteiger partial charge in [0.25, 0.3) is 0 Å². The van der Waals surface area contributed by atoms with E-state index in [1.54, 1.807) is 19.9 Å². The summed E-state index contributed by atoms with van der Waals surface area (Å²) in [6, 6.07) is 9.18. The van der Waals surface area contributed by atoms with E-state index in [1.165, 1.54) is 6.08 Å². The zero-order chi connectivity index (χ0) is 15.0. The van der Waals surface area contributed by atoms with Crippen LogP contribution in [-0.2, 0) is 19.0 Å². The quantitative estimate of drug-likeness (QED) is 0.840. The number of hydrogen-bond donors (Lipinski definition) is 1. The monoisotopic (exact) mass is 290 g/mol. The summed E-state index contributed by atoms with van der Waals surface area (Å²) in [7, 11) is 0. The van der Waals surface area contributed by atoms with Gasteiger partial charge in [-0.1, -0.05) is 30.3 Å². The summed E-state index contributed by atoms with van der Waals surface area (Å²) in [4.78, 5) is 11.5. The molecular formula is C16H18O5. The number of carbonyl (C=O) groups excluding carboxylic acids is 1. The molecule has 112 valence electrons. The van der Waals surface area contributed by atoms with E-state index in [2.05, 4.69) is 0 Å². The first-order chi connectivity index (χ1) is 9.96. The molecule has 4 atom stereocenters. The average Bonchev–Trinajstić information content (AvgIpc) is 2.46. The van der Waals surface area contributed by atoms with Crippen LogP contribution in [0.15, 0.2) is 42.5 Å². The van der Waals surface area contributed by atoms with E-state index < -0.39 is 36.2 Å². The van der Waals surface area contributed by atoms with Crippen molar-refractivity contribution in [1.82, 2.24) is 0 Å². The minimum absolute atomic E-state index is 0.421. The molecule has 0 aromatic heterocycles. The van der Waals surface area contributed by atoms with E-state index in [0.29, 0.717) is 5.56 Å². The van der Waals surface area contributed by atoms with Gasteiger partial charge in [-0.25, -0.2) is 4.79 Å². The highest BCUT2D eigenvalue weighted by molar-refractivity contribution is 5.83. The van der Waals surface area contributed by atoms with Crippen molar-refractivity contribution in [3.63, 3.8) is 0 Å². The summed E-state index contributed by atoms with van der Waals surface area (Å²) in [5, 5.41) is 10.6. The molecule has 0 bridgehead atoms. The predicted molar refractivity (Wildman–Crippen MR) is 74.2 cm³/mol. The number of esters is 1. The molecule has 0 saturated carbocycles. The molecular weight excluding hydrogens is 272 g/mol. The first-order valence-electron chi connectivity index (χ1n) is 6.94. The van der Waals surface area contributed by atoms with Crippen molar-refractivity contribution in [3.8, 4) is 0 Å². The number of carbonyl (C=O) groups is 1. The molecule has 1 N–H and O–H groups in total. The molecule has 2 aliphatic rings. The van der Waals surface area contributed by atoms with Crippen LogP contribution in [-0.4, -0.2) is 35.2 Å². The Labute approximate surface area is 123 Å². The largest absolute Gasteiger partial charge is 0.453 e. The van der Waals surface area contributed by atoms with Gasteiger partial charge in [-0.3, -0.25) is 0 Å². The van der Waals surface area contributed by atoms with Crippen LogP contribution >= 0.6 is 0 Å². The second-order valence-electron chi connectivity index (χ2n) is 5.68. The summed E-state index contributed by atoms with van der Waals surface area (Å²) >= 11 is 0. The summed E-state index contributed by atoms with van der Waals surface area (Å²) < 4.78 is 16.9. The lowest BCUT2D eigenvalue weighted by Gasteiger charge is -2.46. The summed E-state index contributed by atoms with van der Waals surface area (Å²) in [5.41, 5.74) is 0.713. The lowest BCUT2D eigenvalue weighted by atomic mass is 9.94. The highest BCUT2D eigenvalue weighted by Crippen LogP contribution is 2.36. The molecule has 5 nitrogen and oxygen atoms in total. The molecule has 1 aromatic carbocycles. The van der Waals surface area contributed by atoms with E-state index >= 15 is 0 Å². The van der Waals surface area contributed by atoms with Gasteiger partial charge in [0.2, 0.25) is 0 Å². The molecule has 1 fully saturated rings. The van der Waals surface area contributed by atoms with Crippen LogP contribution < -0.4 is 0 Å². The Morgan fingerprint density at radius 1 is 1.19 bits per heavy atom. The molecule has 0 radical (unpaired) electrons. The fraction of sp³-hybridized carbons (Fsp3) is 0.438. The maximum Gasteiger partial charge on any atom is 0.330 e. The minimum Gasteiger partial charge on any atom is -0.453 e.